The first kappa shape index (κ1) is 18.2. The Hall–Kier alpha value is -1.10. The van der Waals surface area contributed by atoms with Crippen LogP contribution in [0.15, 0.2) is 0 Å². The number of hydrogen-bond acceptors (Lipinski definition) is 3. The van der Waals surface area contributed by atoms with Crippen molar-refractivity contribution in [3.63, 3.8) is 0 Å². The van der Waals surface area contributed by atoms with E-state index in [9.17, 15) is 9.59 Å². The van der Waals surface area contributed by atoms with Crippen molar-refractivity contribution in [1.29, 1.82) is 0 Å². The zero-order valence-electron chi connectivity index (χ0n) is 14.4. The van der Waals surface area contributed by atoms with Crippen molar-refractivity contribution < 1.29 is 14.7 Å². The van der Waals surface area contributed by atoms with Gasteiger partial charge in [-0.05, 0) is 57.3 Å². The Morgan fingerprint density at radius 1 is 1.00 bits per heavy atom. The summed E-state index contributed by atoms with van der Waals surface area (Å²) in [5.74, 6) is 0.793. The molecule has 0 spiro atoms. The Balaban J connectivity index is 1.66. The summed E-state index contributed by atoms with van der Waals surface area (Å²) in [7, 11) is 0. The second kappa shape index (κ2) is 9.26. The molecular formula is C18H32N2O3. The van der Waals surface area contributed by atoms with Crippen LogP contribution in [-0.2, 0) is 9.59 Å². The summed E-state index contributed by atoms with van der Waals surface area (Å²) in [5.41, 5.74) is 0. The smallest absolute Gasteiger partial charge is 0.242 e. The van der Waals surface area contributed by atoms with E-state index in [1.165, 1.54) is 19.3 Å². The normalized spacial score (nSPS) is 27.2. The topological polar surface area (TPSA) is 78.4 Å². The molecule has 2 amide bonds. The predicted molar refractivity (Wildman–Crippen MR) is 89.8 cm³/mol. The molecule has 3 N–H and O–H groups in total. The van der Waals surface area contributed by atoms with Crippen molar-refractivity contribution >= 4 is 11.8 Å². The number of nitrogens with one attached hydrogen (secondary N) is 2. The molecule has 2 aliphatic carbocycles. The van der Waals surface area contributed by atoms with Crippen molar-refractivity contribution in [1.82, 2.24) is 10.6 Å². The van der Waals surface area contributed by atoms with Crippen LogP contribution in [0, 0.1) is 11.8 Å². The maximum Gasteiger partial charge on any atom is 0.242 e. The van der Waals surface area contributed by atoms with Gasteiger partial charge >= 0.3 is 0 Å². The first-order chi connectivity index (χ1) is 11.1. The average Bonchev–Trinajstić information content (AvgIpc) is 2.56. The van der Waals surface area contributed by atoms with E-state index in [0.717, 1.165) is 38.5 Å². The van der Waals surface area contributed by atoms with Gasteiger partial charge in [-0.3, -0.25) is 9.59 Å². The van der Waals surface area contributed by atoms with E-state index in [0.29, 0.717) is 18.3 Å². The van der Waals surface area contributed by atoms with Crippen LogP contribution in [0.1, 0.15) is 71.1 Å². The van der Waals surface area contributed by atoms with Gasteiger partial charge in [-0.2, -0.15) is 0 Å². The zero-order valence-corrected chi connectivity index (χ0v) is 14.4. The first-order valence-corrected chi connectivity index (χ1v) is 9.29. The average molecular weight is 324 g/mol. The molecule has 0 saturated heterocycles. The largest absolute Gasteiger partial charge is 0.396 e. The molecule has 1 atom stereocenters. The van der Waals surface area contributed by atoms with Gasteiger partial charge in [-0.25, -0.2) is 0 Å². The summed E-state index contributed by atoms with van der Waals surface area (Å²) < 4.78 is 0. The lowest BCUT2D eigenvalue weighted by molar-refractivity contribution is -0.129. The molecule has 0 radical (unpaired) electrons. The third kappa shape index (κ3) is 6.13. The molecule has 2 aliphatic rings. The monoisotopic (exact) mass is 324 g/mol. The van der Waals surface area contributed by atoms with Gasteiger partial charge in [0.2, 0.25) is 11.8 Å². The quantitative estimate of drug-likeness (QED) is 0.700. The molecular weight excluding hydrogens is 292 g/mol. The first-order valence-electron chi connectivity index (χ1n) is 9.29. The van der Waals surface area contributed by atoms with Crippen LogP contribution in [-0.4, -0.2) is 35.6 Å². The lowest BCUT2D eigenvalue weighted by Crippen LogP contribution is -2.49. The van der Waals surface area contributed by atoms with Crippen molar-refractivity contribution in [2.75, 3.05) is 6.61 Å². The van der Waals surface area contributed by atoms with Crippen molar-refractivity contribution in [2.45, 2.75) is 83.2 Å². The molecule has 2 rings (SSSR count). The van der Waals surface area contributed by atoms with Crippen LogP contribution in [0.4, 0.5) is 0 Å². The molecule has 0 aromatic heterocycles. The second-order valence-electron chi connectivity index (χ2n) is 7.41. The highest BCUT2D eigenvalue weighted by atomic mass is 16.3. The second-order valence-corrected chi connectivity index (χ2v) is 7.41. The number of carbonyl (C=O) groups excluding carboxylic acids is 2. The molecule has 0 bridgehead atoms. The van der Waals surface area contributed by atoms with Crippen molar-refractivity contribution in [3.05, 3.63) is 0 Å². The van der Waals surface area contributed by atoms with Gasteiger partial charge in [0.05, 0.1) is 0 Å². The number of aliphatic hydroxyl groups excluding tert-OH is 1. The minimum atomic E-state index is -0.471. The third-order valence-corrected chi connectivity index (χ3v) is 5.42. The van der Waals surface area contributed by atoms with E-state index in [-0.39, 0.29) is 24.5 Å². The molecule has 2 saturated carbocycles. The maximum absolute atomic E-state index is 12.2. The molecule has 132 valence electrons. The van der Waals surface area contributed by atoms with Gasteiger partial charge in [-0.1, -0.05) is 19.3 Å². The molecule has 0 heterocycles. The molecule has 5 nitrogen and oxygen atoms in total. The van der Waals surface area contributed by atoms with Crippen LogP contribution < -0.4 is 10.6 Å². The number of amides is 2. The standard InChI is InChI=1S/C18H32N2O3/c1-13(19-17(22)11-14-5-3-2-4-6-14)18(23)20-16-9-7-15(12-21)8-10-16/h13-16,21H,2-12H2,1H3,(H,19,22)(H,20,23). The van der Waals surface area contributed by atoms with E-state index in [2.05, 4.69) is 10.6 Å². The Kier molecular flexibility index (Phi) is 7.34. The van der Waals surface area contributed by atoms with Gasteiger partial charge in [0.15, 0.2) is 0 Å². The highest BCUT2D eigenvalue weighted by Gasteiger charge is 2.25. The molecule has 23 heavy (non-hydrogen) atoms. The Morgan fingerprint density at radius 2 is 1.65 bits per heavy atom. The zero-order chi connectivity index (χ0) is 16.7. The molecule has 0 aromatic rings. The highest BCUT2D eigenvalue weighted by Crippen LogP contribution is 2.26. The molecule has 0 aromatic carbocycles. The van der Waals surface area contributed by atoms with Gasteiger partial charge < -0.3 is 15.7 Å². The highest BCUT2D eigenvalue weighted by molar-refractivity contribution is 5.87. The summed E-state index contributed by atoms with van der Waals surface area (Å²) >= 11 is 0. The van der Waals surface area contributed by atoms with E-state index < -0.39 is 6.04 Å². The summed E-state index contributed by atoms with van der Waals surface area (Å²) in [6, 6.07) is -0.287. The van der Waals surface area contributed by atoms with Gasteiger partial charge in [-0.15, -0.1) is 0 Å². The summed E-state index contributed by atoms with van der Waals surface area (Å²) in [5, 5.41) is 15.0. The Bertz CT molecular complexity index is 386. The summed E-state index contributed by atoms with van der Waals surface area (Å²) in [4.78, 5) is 24.3. The van der Waals surface area contributed by atoms with Crippen LogP contribution in [0.3, 0.4) is 0 Å². The fraction of sp³-hybridized carbons (Fsp3) is 0.889. The number of carbonyl (C=O) groups is 2. The van der Waals surface area contributed by atoms with E-state index in [1.54, 1.807) is 6.92 Å². The van der Waals surface area contributed by atoms with Crippen LogP contribution in [0.25, 0.3) is 0 Å². The van der Waals surface area contributed by atoms with Gasteiger partial charge in [0.25, 0.3) is 0 Å². The predicted octanol–water partition coefficient (Wildman–Crippen LogP) is 2.13. The maximum atomic E-state index is 12.2. The fourth-order valence-electron chi connectivity index (χ4n) is 3.83. The Labute approximate surface area is 139 Å². The number of aliphatic hydroxyl groups is 1. The molecule has 5 heteroatoms. The summed E-state index contributed by atoms with van der Waals surface area (Å²) in [6.07, 6.45) is 10.3. The lowest BCUT2D eigenvalue weighted by atomic mass is 9.86. The molecule has 1 unspecified atom stereocenters. The van der Waals surface area contributed by atoms with Crippen LogP contribution >= 0.6 is 0 Å². The lowest BCUT2D eigenvalue weighted by Gasteiger charge is -2.29. The van der Waals surface area contributed by atoms with E-state index in [4.69, 9.17) is 5.11 Å². The molecule has 2 fully saturated rings. The minimum Gasteiger partial charge on any atom is -0.396 e. The SMILES string of the molecule is CC(NC(=O)CC1CCCCC1)C(=O)NC1CCC(CO)CC1. The van der Waals surface area contributed by atoms with Crippen LogP contribution in [0.5, 0.6) is 0 Å². The number of hydrogen-bond donors (Lipinski definition) is 3. The van der Waals surface area contributed by atoms with Gasteiger partial charge in [0, 0.05) is 19.1 Å². The van der Waals surface area contributed by atoms with Crippen molar-refractivity contribution in [3.8, 4) is 0 Å². The Morgan fingerprint density at radius 3 is 2.26 bits per heavy atom. The molecule has 0 aliphatic heterocycles. The van der Waals surface area contributed by atoms with E-state index in [1.807, 2.05) is 0 Å². The third-order valence-electron chi connectivity index (χ3n) is 5.42. The minimum absolute atomic E-state index is 0.00328. The fourth-order valence-corrected chi connectivity index (χ4v) is 3.83. The van der Waals surface area contributed by atoms with Gasteiger partial charge in [0.1, 0.15) is 6.04 Å². The number of rotatable bonds is 6. The van der Waals surface area contributed by atoms with Crippen molar-refractivity contribution in [2.24, 2.45) is 11.8 Å². The van der Waals surface area contributed by atoms with E-state index >= 15 is 0 Å². The summed E-state index contributed by atoms with van der Waals surface area (Å²) in [6.45, 7) is 2.00. The van der Waals surface area contributed by atoms with Crippen LogP contribution in [0.2, 0.25) is 0 Å².